The van der Waals surface area contributed by atoms with Gasteiger partial charge in [0.1, 0.15) is 11.6 Å². The van der Waals surface area contributed by atoms with Crippen molar-refractivity contribution in [2.24, 2.45) is 5.92 Å². The molecular formula is C21H27N3O. The number of rotatable bonds is 7. The van der Waals surface area contributed by atoms with Gasteiger partial charge in [-0.1, -0.05) is 33.3 Å². The van der Waals surface area contributed by atoms with Crippen molar-refractivity contribution < 1.29 is 4.74 Å². The Morgan fingerprint density at radius 1 is 1.16 bits per heavy atom. The fourth-order valence-electron chi connectivity index (χ4n) is 2.93. The van der Waals surface area contributed by atoms with E-state index in [0.29, 0.717) is 5.92 Å². The van der Waals surface area contributed by atoms with Crippen molar-refractivity contribution in [2.75, 3.05) is 6.61 Å². The Hall–Kier alpha value is -2.36. The van der Waals surface area contributed by atoms with E-state index in [1.807, 2.05) is 13.1 Å². The van der Waals surface area contributed by atoms with Gasteiger partial charge in [0.2, 0.25) is 0 Å². The van der Waals surface area contributed by atoms with Crippen LogP contribution in [0.2, 0.25) is 0 Å². The molecule has 0 radical (unpaired) electrons. The van der Waals surface area contributed by atoms with Crippen molar-refractivity contribution in [2.45, 2.75) is 47.0 Å². The molecule has 25 heavy (non-hydrogen) atoms. The lowest BCUT2D eigenvalue weighted by atomic mass is 10.0. The Labute approximate surface area is 149 Å². The molecule has 3 rings (SSSR count). The van der Waals surface area contributed by atoms with E-state index in [4.69, 9.17) is 4.74 Å². The van der Waals surface area contributed by atoms with Gasteiger partial charge in [0.15, 0.2) is 5.65 Å². The number of aromatic amines is 1. The maximum absolute atomic E-state index is 6.03. The highest BCUT2D eigenvalue weighted by Gasteiger charge is 2.09. The van der Waals surface area contributed by atoms with Crippen LogP contribution in [0.1, 0.15) is 45.0 Å². The van der Waals surface area contributed by atoms with Crippen LogP contribution in [0.4, 0.5) is 0 Å². The molecule has 2 aromatic heterocycles. The highest BCUT2D eigenvalue weighted by molar-refractivity contribution is 5.78. The molecule has 4 nitrogen and oxygen atoms in total. The summed E-state index contributed by atoms with van der Waals surface area (Å²) in [4.78, 5) is 12.1. The molecular weight excluding hydrogens is 310 g/mol. The number of fused-ring (bicyclic) bond motifs is 1. The van der Waals surface area contributed by atoms with E-state index in [-0.39, 0.29) is 0 Å². The van der Waals surface area contributed by atoms with Gasteiger partial charge in [-0.05, 0) is 55.0 Å². The number of imidazole rings is 1. The number of benzene rings is 1. The second kappa shape index (κ2) is 7.68. The van der Waals surface area contributed by atoms with Crippen LogP contribution in [0.15, 0.2) is 30.5 Å². The lowest BCUT2D eigenvalue weighted by Crippen LogP contribution is -2.04. The predicted molar refractivity (Wildman–Crippen MR) is 103 cm³/mol. The SMILES string of the molecule is CCc1cc(-c2cnc3nc(C)[nH]c3c2)ccc1OCCC(C)CC. The number of hydrogen-bond acceptors (Lipinski definition) is 3. The molecule has 1 aromatic carbocycles. The molecule has 0 saturated heterocycles. The average Bonchev–Trinajstić information content (AvgIpc) is 3.00. The highest BCUT2D eigenvalue weighted by atomic mass is 16.5. The Bertz CT molecular complexity index is 853. The molecule has 0 saturated carbocycles. The van der Waals surface area contributed by atoms with Crippen LogP contribution in [-0.4, -0.2) is 21.6 Å². The average molecular weight is 337 g/mol. The molecule has 1 N–H and O–H groups in total. The zero-order valence-corrected chi connectivity index (χ0v) is 15.6. The Kier molecular flexibility index (Phi) is 5.37. The van der Waals surface area contributed by atoms with Gasteiger partial charge in [-0.25, -0.2) is 9.97 Å². The predicted octanol–water partition coefficient (Wildman–Crippen LogP) is 5.31. The van der Waals surface area contributed by atoms with Crippen molar-refractivity contribution >= 4 is 11.2 Å². The van der Waals surface area contributed by atoms with E-state index < -0.39 is 0 Å². The third-order valence-corrected chi connectivity index (χ3v) is 4.80. The van der Waals surface area contributed by atoms with Crippen molar-refractivity contribution in [1.29, 1.82) is 0 Å². The van der Waals surface area contributed by atoms with E-state index in [2.05, 4.69) is 60.0 Å². The van der Waals surface area contributed by atoms with Crippen LogP contribution in [0.3, 0.4) is 0 Å². The monoisotopic (exact) mass is 337 g/mol. The summed E-state index contributed by atoms with van der Waals surface area (Å²) in [6.45, 7) is 9.39. The molecule has 0 aliphatic rings. The second-order valence-electron chi connectivity index (χ2n) is 6.74. The first-order chi connectivity index (χ1) is 12.1. The smallest absolute Gasteiger partial charge is 0.177 e. The molecule has 4 heteroatoms. The molecule has 0 spiro atoms. The summed E-state index contributed by atoms with van der Waals surface area (Å²) in [5, 5.41) is 0. The van der Waals surface area contributed by atoms with Gasteiger partial charge in [0, 0.05) is 11.8 Å². The van der Waals surface area contributed by atoms with Gasteiger partial charge in [-0.15, -0.1) is 0 Å². The number of nitrogens with one attached hydrogen (secondary N) is 1. The third-order valence-electron chi connectivity index (χ3n) is 4.80. The number of hydrogen-bond donors (Lipinski definition) is 1. The van der Waals surface area contributed by atoms with E-state index in [1.54, 1.807) is 0 Å². The molecule has 0 fully saturated rings. The number of H-pyrrole nitrogens is 1. The molecule has 3 aromatic rings. The van der Waals surface area contributed by atoms with Gasteiger partial charge in [0.25, 0.3) is 0 Å². The number of nitrogens with zero attached hydrogens (tertiary/aromatic N) is 2. The molecule has 1 atom stereocenters. The van der Waals surface area contributed by atoms with Gasteiger partial charge >= 0.3 is 0 Å². The van der Waals surface area contributed by atoms with E-state index >= 15 is 0 Å². The fourth-order valence-corrected chi connectivity index (χ4v) is 2.93. The summed E-state index contributed by atoms with van der Waals surface area (Å²) in [5.41, 5.74) is 5.23. The normalized spacial score (nSPS) is 12.5. The van der Waals surface area contributed by atoms with E-state index in [0.717, 1.165) is 53.3 Å². The van der Waals surface area contributed by atoms with Crippen LogP contribution in [0, 0.1) is 12.8 Å². The Balaban J connectivity index is 1.82. The Morgan fingerprint density at radius 3 is 2.76 bits per heavy atom. The maximum atomic E-state index is 6.03. The molecule has 0 bridgehead atoms. The molecule has 0 aliphatic heterocycles. The largest absolute Gasteiger partial charge is 0.493 e. The fraction of sp³-hybridized carbons (Fsp3) is 0.429. The summed E-state index contributed by atoms with van der Waals surface area (Å²) >= 11 is 0. The number of ether oxygens (including phenoxy) is 1. The van der Waals surface area contributed by atoms with Crippen LogP contribution in [0.5, 0.6) is 5.75 Å². The van der Waals surface area contributed by atoms with Crippen molar-refractivity contribution in [3.63, 3.8) is 0 Å². The van der Waals surface area contributed by atoms with Crippen LogP contribution in [-0.2, 0) is 6.42 Å². The van der Waals surface area contributed by atoms with Gasteiger partial charge in [-0.3, -0.25) is 0 Å². The zero-order chi connectivity index (χ0) is 17.8. The van der Waals surface area contributed by atoms with Crippen LogP contribution in [0.25, 0.3) is 22.3 Å². The molecule has 0 aliphatic carbocycles. The lowest BCUT2D eigenvalue weighted by Gasteiger charge is -2.14. The van der Waals surface area contributed by atoms with Crippen molar-refractivity contribution in [1.82, 2.24) is 15.0 Å². The first-order valence-electron chi connectivity index (χ1n) is 9.19. The van der Waals surface area contributed by atoms with E-state index in [9.17, 15) is 0 Å². The Morgan fingerprint density at radius 2 is 2.00 bits per heavy atom. The minimum absolute atomic E-state index is 0.708. The molecule has 1 unspecified atom stereocenters. The summed E-state index contributed by atoms with van der Waals surface area (Å²) in [6, 6.07) is 8.53. The number of pyridine rings is 1. The summed E-state index contributed by atoms with van der Waals surface area (Å²) < 4.78 is 6.03. The molecule has 2 heterocycles. The zero-order valence-electron chi connectivity index (χ0n) is 15.6. The maximum Gasteiger partial charge on any atom is 0.177 e. The van der Waals surface area contributed by atoms with Crippen molar-refractivity contribution in [3.05, 3.63) is 41.9 Å². The van der Waals surface area contributed by atoms with Gasteiger partial charge in [-0.2, -0.15) is 0 Å². The lowest BCUT2D eigenvalue weighted by molar-refractivity contribution is 0.279. The minimum atomic E-state index is 0.708. The first-order valence-corrected chi connectivity index (χ1v) is 9.19. The summed E-state index contributed by atoms with van der Waals surface area (Å²) in [7, 11) is 0. The second-order valence-corrected chi connectivity index (χ2v) is 6.74. The number of aromatic nitrogens is 3. The van der Waals surface area contributed by atoms with Crippen molar-refractivity contribution in [3.8, 4) is 16.9 Å². The first kappa shape index (κ1) is 17.5. The van der Waals surface area contributed by atoms with Gasteiger partial charge in [0.05, 0.1) is 12.1 Å². The van der Waals surface area contributed by atoms with Crippen LogP contribution < -0.4 is 4.74 Å². The minimum Gasteiger partial charge on any atom is -0.493 e. The van der Waals surface area contributed by atoms with E-state index in [1.165, 1.54) is 12.0 Å². The summed E-state index contributed by atoms with van der Waals surface area (Å²) in [5.74, 6) is 2.60. The topological polar surface area (TPSA) is 50.8 Å². The standard InChI is InChI=1S/C21H27N3O/c1-5-14(3)9-10-25-20-8-7-17(11-16(20)6-2)18-12-19-21(22-13-18)24-15(4)23-19/h7-8,11-14H,5-6,9-10H2,1-4H3,(H,22,23,24). The van der Waals surface area contributed by atoms with Crippen LogP contribution >= 0.6 is 0 Å². The van der Waals surface area contributed by atoms with Gasteiger partial charge < -0.3 is 9.72 Å². The quantitative estimate of drug-likeness (QED) is 0.635. The highest BCUT2D eigenvalue weighted by Crippen LogP contribution is 2.28. The summed E-state index contributed by atoms with van der Waals surface area (Å²) in [6.07, 6.45) is 5.14. The third kappa shape index (κ3) is 4.01. The molecule has 132 valence electrons. The number of aryl methyl sites for hydroxylation is 2. The molecule has 0 amide bonds.